The summed E-state index contributed by atoms with van der Waals surface area (Å²) in [7, 11) is 0. The first-order valence-electron chi connectivity index (χ1n) is 12.7. The predicted octanol–water partition coefficient (Wildman–Crippen LogP) is 4.42. The Labute approximate surface area is 190 Å². The van der Waals surface area contributed by atoms with Crippen molar-refractivity contribution in [3.05, 3.63) is 18.3 Å². The van der Waals surface area contributed by atoms with E-state index < -0.39 is 5.60 Å². The third-order valence-corrected chi connectivity index (χ3v) is 10.2. The molecule has 0 radical (unpaired) electrons. The molecule has 8 unspecified atom stereocenters. The van der Waals surface area contributed by atoms with Crippen LogP contribution < -0.4 is 0 Å². The minimum Gasteiger partial charge on any atom is -0.390 e. The summed E-state index contributed by atoms with van der Waals surface area (Å²) in [6.45, 7) is 4.74. The molecule has 4 aliphatic rings. The number of aromatic nitrogens is 4. The lowest BCUT2D eigenvalue weighted by Crippen LogP contribution is -2.51. The Morgan fingerprint density at radius 1 is 1.09 bits per heavy atom. The van der Waals surface area contributed by atoms with Crippen LogP contribution in [-0.2, 0) is 11.3 Å². The maximum atomic E-state index is 13.5. The molecule has 0 bridgehead atoms. The summed E-state index contributed by atoms with van der Waals surface area (Å²) in [6, 6.07) is 3.75. The first-order chi connectivity index (χ1) is 15.4. The summed E-state index contributed by atoms with van der Waals surface area (Å²) in [6.07, 6.45) is 12.1. The zero-order valence-electron chi connectivity index (χ0n) is 19.4. The molecule has 6 rings (SSSR count). The first-order valence-corrected chi connectivity index (χ1v) is 12.7. The summed E-state index contributed by atoms with van der Waals surface area (Å²) in [4.78, 5) is 17.9. The van der Waals surface area contributed by atoms with E-state index in [2.05, 4.69) is 22.2 Å². The molecule has 2 aromatic rings. The highest BCUT2D eigenvalue weighted by atomic mass is 16.3. The van der Waals surface area contributed by atoms with Crippen LogP contribution in [-0.4, -0.2) is 36.5 Å². The topological polar surface area (TPSA) is 80.9 Å². The molecule has 8 atom stereocenters. The van der Waals surface area contributed by atoms with Gasteiger partial charge in [-0.25, -0.2) is 9.67 Å². The molecule has 6 heteroatoms. The molecule has 6 nitrogen and oxygen atoms in total. The van der Waals surface area contributed by atoms with E-state index in [1.807, 2.05) is 19.1 Å². The molecule has 1 N–H and O–H groups in total. The summed E-state index contributed by atoms with van der Waals surface area (Å²) in [5, 5.41) is 19.0. The van der Waals surface area contributed by atoms with Gasteiger partial charge >= 0.3 is 0 Å². The van der Waals surface area contributed by atoms with Crippen LogP contribution in [0.15, 0.2) is 18.3 Å². The summed E-state index contributed by atoms with van der Waals surface area (Å²) in [5.41, 5.74) is 1.12. The fourth-order valence-corrected chi connectivity index (χ4v) is 8.78. The van der Waals surface area contributed by atoms with E-state index in [0.29, 0.717) is 23.3 Å². The maximum Gasteiger partial charge on any atom is 0.178 e. The summed E-state index contributed by atoms with van der Waals surface area (Å²) in [5.74, 6) is 4.18. The molecule has 4 aliphatic carbocycles. The van der Waals surface area contributed by atoms with E-state index in [1.54, 1.807) is 10.9 Å². The van der Waals surface area contributed by atoms with E-state index in [1.165, 1.54) is 38.5 Å². The Kier molecular flexibility index (Phi) is 4.76. The van der Waals surface area contributed by atoms with Crippen molar-refractivity contribution >= 4 is 16.9 Å². The van der Waals surface area contributed by atoms with Crippen molar-refractivity contribution < 1.29 is 9.90 Å². The number of rotatable bonds is 3. The largest absolute Gasteiger partial charge is 0.390 e. The molecule has 4 saturated carbocycles. The van der Waals surface area contributed by atoms with E-state index >= 15 is 0 Å². The fourth-order valence-electron chi connectivity index (χ4n) is 8.78. The summed E-state index contributed by atoms with van der Waals surface area (Å²) < 4.78 is 1.69. The van der Waals surface area contributed by atoms with Gasteiger partial charge < -0.3 is 5.11 Å². The van der Waals surface area contributed by atoms with Crippen LogP contribution in [0.4, 0.5) is 0 Å². The molecule has 0 spiro atoms. The minimum atomic E-state index is -0.456. The van der Waals surface area contributed by atoms with Crippen molar-refractivity contribution in [1.29, 1.82) is 0 Å². The average molecular weight is 437 g/mol. The van der Waals surface area contributed by atoms with Gasteiger partial charge in [-0.2, -0.15) is 0 Å². The van der Waals surface area contributed by atoms with Gasteiger partial charge in [-0.1, -0.05) is 12.1 Å². The highest BCUT2D eigenvalue weighted by Crippen LogP contribution is 2.64. The third kappa shape index (κ3) is 3.16. The van der Waals surface area contributed by atoms with Crippen LogP contribution in [0.1, 0.15) is 71.6 Å². The lowest BCUT2D eigenvalue weighted by atomic mass is 9.49. The van der Waals surface area contributed by atoms with Crippen molar-refractivity contribution in [2.24, 2.45) is 40.9 Å². The molecule has 2 heterocycles. The van der Waals surface area contributed by atoms with Gasteiger partial charge in [0.2, 0.25) is 0 Å². The Morgan fingerprint density at radius 3 is 2.81 bits per heavy atom. The number of nitrogens with zero attached hydrogens (tertiary/aromatic N) is 4. The number of hydrogen-bond acceptors (Lipinski definition) is 5. The molecule has 0 aliphatic heterocycles. The molecular formula is C26H36N4O2. The van der Waals surface area contributed by atoms with Gasteiger partial charge in [0.05, 0.1) is 5.60 Å². The fraction of sp³-hybridized carbons (Fsp3) is 0.769. The second-order valence-electron chi connectivity index (χ2n) is 11.9. The van der Waals surface area contributed by atoms with Gasteiger partial charge in [0.25, 0.3) is 0 Å². The van der Waals surface area contributed by atoms with Gasteiger partial charge in [-0.05, 0) is 112 Å². The standard InChI is InChI=1S/C26H36N4O2/c1-25(32)11-9-17-16(14-25)5-6-19-18(17)10-12-26(2)20(19)7-8-21(26)23(31)15-30-24-22(28-29-30)4-3-13-27-24/h3-4,13,16-21,32H,5-12,14-15H2,1-2H3. The molecule has 4 fully saturated rings. The normalized spacial score (nSPS) is 43.5. The second kappa shape index (κ2) is 7.34. The van der Waals surface area contributed by atoms with Gasteiger partial charge in [0.15, 0.2) is 11.4 Å². The minimum absolute atomic E-state index is 0.120. The highest BCUT2D eigenvalue weighted by molar-refractivity contribution is 5.83. The Hall–Kier alpha value is -1.82. The Bertz CT molecular complexity index is 1030. The van der Waals surface area contributed by atoms with Crippen molar-refractivity contribution in [1.82, 2.24) is 20.0 Å². The van der Waals surface area contributed by atoms with Crippen LogP contribution in [0.5, 0.6) is 0 Å². The predicted molar refractivity (Wildman–Crippen MR) is 122 cm³/mol. The van der Waals surface area contributed by atoms with E-state index in [9.17, 15) is 9.90 Å². The Morgan fingerprint density at radius 2 is 1.94 bits per heavy atom. The molecule has 32 heavy (non-hydrogen) atoms. The zero-order valence-corrected chi connectivity index (χ0v) is 19.4. The van der Waals surface area contributed by atoms with Crippen molar-refractivity contribution in [2.45, 2.75) is 83.8 Å². The van der Waals surface area contributed by atoms with Gasteiger partial charge in [0.1, 0.15) is 12.1 Å². The molecule has 0 aromatic carbocycles. The van der Waals surface area contributed by atoms with Crippen LogP contribution in [0.2, 0.25) is 0 Å². The number of ketones is 1. The smallest absolute Gasteiger partial charge is 0.178 e. The number of hydrogen-bond donors (Lipinski definition) is 1. The lowest BCUT2D eigenvalue weighted by Gasteiger charge is -2.56. The first kappa shape index (κ1) is 20.8. The maximum absolute atomic E-state index is 13.5. The van der Waals surface area contributed by atoms with E-state index in [4.69, 9.17) is 0 Å². The van der Waals surface area contributed by atoms with Crippen LogP contribution in [0, 0.1) is 40.9 Å². The number of carbonyl (C=O) groups is 1. The number of pyridine rings is 1. The van der Waals surface area contributed by atoms with Crippen LogP contribution >= 0.6 is 0 Å². The summed E-state index contributed by atoms with van der Waals surface area (Å²) >= 11 is 0. The van der Waals surface area contributed by atoms with Crippen molar-refractivity contribution in [3.8, 4) is 0 Å². The van der Waals surface area contributed by atoms with E-state index in [0.717, 1.165) is 42.5 Å². The zero-order chi connectivity index (χ0) is 22.1. The van der Waals surface area contributed by atoms with E-state index in [-0.39, 0.29) is 17.9 Å². The van der Waals surface area contributed by atoms with Gasteiger partial charge in [0, 0.05) is 12.1 Å². The second-order valence-corrected chi connectivity index (χ2v) is 11.9. The molecule has 0 saturated heterocycles. The number of aliphatic hydroxyl groups is 1. The SMILES string of the molecule is CC1(O)CCC2C(CCC3C2CCC2(C)C(C(=O)Cn4nnc5cccnc54)CCC32)C1. The van der Waals surface area contributed by atoms with Crippen LogP contribution in [0.25, 0.3) is 11.2 Å². The number of fused-ring (bicyclic) bond motifs is 6. The molecule has 172 valence electrons. The highest BCUT2D eigenvalue weighted by Gasteiger charge is 2.58. The average Bonchev–Trinajstić information content (AvgIpc) is 3.33. The number of carbonyl (C=O) groups excluding carboxylic acids is 1. The van der Waals surface area contributed by atoms with Gasteiger partial charge in [-0.3, -0.25) is 4.79 Å². The monoisotopic (exact) mass is 436 g/mol. The molecule has 2 aromatic heterocycles. The third-order valence-electron chi connectivity index (χ3n) is 10.2. The van der Waals surface area contributed by atoms with Crippen LogP contribution in [0.3, 0.4) is 0 Å². The lowest BCUT2D eigenvalue weighted by molar-refractivity contribution is -0.133. The Balaban J connectivity index is 1.20. The quantitative estimate of drug-likeness (QED) is 0.771. The molecular weight excluding hydrogens is 400 g/mol. The van der Waals surface area contributed by atoms with Gasteiger partial charge in [-0.15, -0.1) is 5.10 Å². The van der Waals surface area contributed by atoms with Crippen molar-refractivity contribution in [2.75, 3.05) is 0 Å². The molecule has 0 amide bonds. The number of Topliss-reactive ketones (excluding diaryl/α,β-unsaturated/α-hetero) is 1. The van der Waals surface area contributed by atoms with Crippen molar-refractivity contribution in [3.63, 3.8) is 0 Å².